The van der Waals surface area contributed by atoms with Gasteiger partial charge >= 0.3 is 0 Å². The van der Waals surface area contributed by atoms with Crippen LogP contribution < -0.4 is 0 Å². The average molecular weight is 675 g/mol. The lowest BCUT2D eigenvalue weighted by Gasteiger charge is -2.40. The summed E-state index contributed by atoms with van der Waals surface area (Å²) < 4.78 is 0. The van der Waals surface area contributed by atoms with Crippen molar-refractivity contribution in [2.45, 2.75) is 15.2 Å². The van der Waals surface area contributed by atoms with E-state index >= 15 is 0 Å². The van der Waals surface area contributed by atoms with E-state index in [0.29, 0.717) is 0 Å². The van der Waals surface area contributed by atoms with Crippen molar-refractivity contribution in [3.63, 3.8) is 0 Å². The summed E-state index contributed by atoms with van der Waals surface area (Å²) >= 11 is 1.88. The van der Waals surface area contributed by atoms with Crippen molar-refractivity contribution in [1.29, 1.82) is 0 Å². The van der Waals surface area contributed by atoms with Crippen molar-refractivity contribution >= 4 is 33.3 Å². The molecule has 1 aliphatic heterocycles. The van der Waals surface area contributed by atoms with Gasteiger partial charge in [-0.1, -0.05) is 163 Å². The van der Waals surface area contributed by atoms with Crippen LogP contribution in [0.5, 0.6) is 0 Å². The molecule has 1 unspecified atom stereocenters. The van der Waals surface area contributed by atoms with Crippen molar-refractivity contribution in [2.24, 2.45) is 0 Å². The molecular formula is C51H30S. The summed E-state index contributed by atoms with van der Waals surface area (Å²) in [7, 11) is 0. The Morgan fingerprint density at radius 1 is 0.288 bits per heavy atom. The molecule has 0 N–H and O–H groups in total. The molecule has 9 aromatic carbocycles. The molecule has 0 fully saturated rings. The number of rotatable bonds is 2. The SMILES string of the molecule is c1cc(-c2ccc3c(c2)-c2cccc4cccc(c24)S3)cc(-c2ccc3c(c2)C2(c4ccccc4-3)c3ccccc3-c3cccc4cccc2c34)c1. The van der Waals surface area contributed by atoms with Gasteiger partial charge in [-0.25, -0.2) is 0 Å². The van der Waals surface area contributed by atoms with Crippen LogP contribution in [-0.2, 0) is 5.41 Å². The van der Waals surface area contributed by atoms with Gasteiger partial charge in [0.25, 0.3) is 0 Å². The Hall–Kier alpha value is -6.15. The first kappa shape index (κ1) is 28.5. The van der Waals surface area contributed by atoms with Crippen LogP contribution in [0.2, 0.25) is 0 Å². The molecule has 240 valence electrons. The van der Waals surface area contributed by atoms with Gasteiger partial charge in [0.15, 0.2) is 0 Å². The van der Waals surface area contributed by atoms with E-state index in [0.717, 1.165) is 0 Å². The maximum Gasteiger partial charge on any atom is 0.0725 e. The maximum absolute atomic E-state index is 2.50. The molecule has 1 heteroatoms. The average Bonchev–Trinajstić information content (AvgIpc) is 3.50. The molecule has 0 saturated carbocycles. The molecule has 0 aromatic heterocycles. The largest absolute Gasteiger partial charge is 0.0888 e. The van der Waals surface area contributed by atoms with E-state index in [4.69, 9.17) is 0 Å². The highest BCUT2D eigenvalue weighted by Crippen LogP contribution is 2.62. The van der Waals surface area contributed by atoms with Crippen molar-refractivity contribution < 1.29 is 0 Å². The van der Waals surface area contributed by atoms with E-state index < -0.39 is 5.41 Å². The lowest BCUT2D eigenvalue weighted by Crippen LogP contribution is -2.31. The molecule has 1 heterocycles. The Morgan fingerprint density at radius 2 is 0.808 bits per heavy atom. The lowest BCUT2D eigenvalue weighted by atomic mass is 9.61. The van der Waals surface area contributed by atoms with Gasteiger partial charge in [0.05, 0.1) is 5.41 Å². The standard InChI is InChI=1S/C51H30S/c1-3-20-43-37(16-1)39-26-24-36(30-46(39)51(43)44-21-4-2-17-38(44)40-18-6-10-31-12-8-22-45(51)49(31)40)34-15-5-14-33(28-34)35-25-27-47-42(29-35)41-19-7-11-32-13-9-23-48(52-47)50(32)41/h1-30H. The van der Waals surface area contributed by atoms with Crippen LogP contribution in [0.3, 0.4) is 0 Å². The first-order chi connectivity index (χ1) is 25.8. The van der Waals surface area contributed by atoms with E-state index in [2.05, 4.69) is 182 Å². The van der Waals surface area contributed by atoms with Gasteiger partial charge in [-0.15, -0.1) is 0 Å². The Labute approximate surface area is 307 Å². The second kappa shape index (κ2) is 10.4. The summed E-state index contributed by atoms with van der Waals surface area (Å²) in [4.78, 5) is 2.66. The van der Waals surface area contributed by atoms with Crippen molar-refractivity contribution in [2.75, 3.05) is 0 Å². The minimum atomic E-state index is -0.419. The fourth-order valence-electron chi connectivity index (χ4n) is 9.73. The third kappa shape index (κ3) is 3.68. The van der Waals surface area contributed by atoms with Crippen LogP contribution in [0.4, 0.5) is 0 Å². The van der Waals surface area contributed by atoms with Crippen LogP contribution in [0.1, 0.15) is 22.3 Å². The van der Waals surface area contributed by atoms with Gasteiger partial charge in [-0.2, -0.15) is 0 Å². The minimum Gasteiger partial charge on any atom is -0.0888 e. The molecule has 0 nitrogen and oxygen atoms in total. The first-order valence-electron chi connectivity index (χ1n) is 18.1. The van der Waals surface area contributed by atoms with Crippen molar-refractivity contribution in [3.8, 4) is 55.6 Å². The molecule has 0 saturated heterocycles. The Kier molecular flexibility index (Phi) is 5.73. The van der Waals surface area contributed by atoms with E-state index in [1.165, 1.54) is 109 Å². The Bertz CT molecular complexity index is 2990. The zero-order valence-electron chi connectivity index (χ0n) is 28.2. The molecule has 1 atom stereocenters. The van der Waals surface area contributed by atoms with Gasteiger partial charge in [0.1, 0.15) is 0 Å². The topological polar surface area (TPSA) is 0 Å². The second-order valence-corrected chi connectivity index (χ2v) is 15.4. The van der Waals surface area contributed by atoms with Gasteiger partial charge in [0.2, 0.25) is 0 Å². The summed E-state index contributed by atoms with van der Waals surface area (Å²) in [6.45, 7) is 0. The molecule has 0 radical (unpaired) electrons. The smallest absolute Gasteiger partial charge is 0.0725 e. The van der Waals surface area contributed by atoms with E-state index in [-0.39, 0.29) is 0 Å². The maximum atomic E-state index is 2.50. The van der Waals surface area contributed by atoms with E-state index in [1.807, 2.05) is 11.8 Å². The fraction of sp³-hybridized carbons (Fsp3) is 0.0196. The Morgan fingerprint density at radius 3 is 1.58 bits per heavy atom. The van der Waals surface area contributed by atoms with Crippen molar-refractivity contribution in [1.82, 2.24) is 0 Å². The number of hydrogen-bond donors (Lipinski definition) is 0. The number of fused-ring (bicyclic) bond motifs is 11. The normalized spacial score (nSPS) is 15.7. The molecule has 9 aromatic rings. The van der Waals surface area contributed by atoms with Crippen LogP contribution in [-0.4, -0.2) is 0 Å². The van der Waals surface area contributed by atoms with E-state index in [9.17, 15) is 0 Å². The fourth-order valence-corrected chi connectivity index (χ4v) is 10.9. The molecule has 52 heavy (non-hydrogen) atoms. The molecule has 0 amide bonds. The highest BCUT2D eigenvalue weighted by Gasteiger charge is 2.50. The molecule has 0 bridgehead atoms. The predicted octanol–water partition coefficient (Wildman–Crippen LogP) is 13.8. The minimum absolute atomic E-state index is 0.419. The van der Waals surface area contributed by atoms with Gasteiger partial charge in [0, 0.05) is 15.2 Å². The Balaban J connectivity index is 1.05. The van der Waals surface area contributed by atoms with E-state index in [1.54, 1.807) is 0 Å². The second-order valence-electron chi connectivity index (χ2n) is 14.4. The van der Waals surface area contributed by atoms with Crippen molar-refractivity contribution in [3.05, 3.63) is 204 Å². The van der Waals surface area contributed by atoms with Crippen LogP contribution >= 0.6 is 11.8 Å². The summed E-state index contributed by atoms with van der Waals surface area (Å²) in [6.07, 6.45) is 0. The summed E-state index contributed by atoms with van der Waals surface area (Å²) in [5.74, 6) is 0. The van der Waals surface area contributed by atoms with Gasteiger partial charge in [-0.3, -0.25) is 0 Å². The van der Waals surface area contributed by atoms with Crippen LogP contribution in [0, 0.1) is 0 Å². The van der Waals surface area contributed by atoms with Crippen LogP contribution in [0.25, 0.3) is 77.2 Å². The van der Waals surface area contributed by atoms with Gasteiger partial charge in [-0.05, 0) is 124 Å². The highest BCUT2D eigenvalue weighted by atomic mass is 32.2. The molecule has 2 aliphatic carbocycles. The zero-order valence-corrected chi connectivity index (χ0v) is 29.0. The first-order valence-corrected chi connectivity index (χ1v) is 18.9. The number of benzene rings is 9. The molecule has 3 aliphatic rings. The third-order valence-corrected chi connectivity index (χ3v) is 13.0. The zero-order chi connectivity index (χ0) is 34.0. The van der Waals surface area contributed by atoms with Crippen LogP contribution in [0.15, 0.2) is 192 Å². The predicted molar refractivity (Wildman–Crippen MR) is 218 cm³/mol. The lowest BCUT2D eigenvalue weighted by molar-refractivity contribution is 0.774. The number of hydrogen-bond acceptors (Lipinski definition) is 1. The summed E-state index contributed by atoms with van der Waals surface area (Å²) in [5, 5.41) is 5.32. The third-order valence-electron chi connectivity index (χ3n) is 11.9. The molecule has 1 spiro atoms. The quantitative estimate of drug-likeness (QED) is 0.176. The van der Waals surface area contributed by atoms with Gasteiger partial charge < -0.3 is 0 Å². The summed E-state index contributed by atoms with van der Waals surface area (Å²) in [5.41, 5.74) is 17.9. The monoisotopic (exact) mass is 674 g/mol. The molecule has 12 rings (SSSR count). The molecular weight excluding hydrogens is 645 g/mol. The highest BCUT2D eigenvalue weighted by molar-refractivity contribution is 7.99. The summed E-state index contributed by atoms with van der Waals surface area (Å²) in [6, 6.07) is 68.6.